The van der Waals surface area contributed by atoms with Gasteiger partial charge in [-0.25, -0.2) is 0 Å². The maximum atomic E-state index is 11.8. The number of piperazine rings is 1. The van der Waals surface area contributed by atoms with Gasteiger partial charge in [0.25, 0.3) is 0 Å². The highest BCUT2D eigenvalue weighted by Gasteiger charge is 2.27. The number of nitrogens with one attached hydrogen (secondary N) is 1. The topological polar surface area (TPSA) is 71.2 Å². The zero-order valence-electron chi connectivity index (χ0n) is 10.7. The molecule has 0 saturated carbocycles. The fraction of sp³-hybridized carbons (Fsp3) is 0.538. The Kier molecular flexibility index (Phi) is 4.28. The highest BCUT2D eigenvalue weighted by molar-refractivity contribution is 5.82. The van der Waals surface area contributed by atoms with E-state index in [2.05, 4.69) is 15.2 Å². The normalized spacial score (nSPS) is 20.8. The summed E-state index contributed by atoms with van der Waals surface area (Å²) in [6.45, 7) is 4.89. The van der Waals surface area contributed by atoms with Crippen molar-refractivity contribution in [1.82, 2.24) is 15.2 Å². The van der Waals surface area contributed by atoms with E-state index in [1.807, 2.05) is 19.1 Å². The molecule has 0 radical (unpaired) electrons. The predicted molar refractivity (Wildman–Crippen MR) is 69.6 cm³/mol. The first-order valence-electron chi connectivity index (χ1n) is 6.40. The molecule has 1 saturated heterocycles. The Labute approximate surface area is 107 Å². The Bertz CT molecular complexity index is 421. The first-order chi connectivity index (χ1) is 8.74. The van der Waals surface area contributed by atoms with Crippen molar-refractivity contribution in [2.75, 3.05) is 13.1 Å². The van der Waals surface area contributed by atoms with Crippen LogP contribution in [0.15, 0.2) is 18.3 Å². The summed E-state index contributed by atoms with van der Waals surface area (Å²) in [4.78, 5) is 18.2. The fourth-order valence-corrected chi connectivity index (χ4v) is 2.37. The molecule has 1 aliphatic rings. The molecule has 2 rings (SSSR count). The van der Waals surface area contributed by atoms with Gasteiger partial charge in [-0.1, -0.05) is 6.92 Å². The van der Waals surface area contributed by atoms with Crippen LogP contribution in [-0.2, 0) is 17.9 Å². The molecule has 1 unspecified atom stereocenters. The first kappa shape index (κ1) is 13.0. The number of hydrogen-bond acceptors (Lipinski definition) is 4. The minimum absolute atomic E-state index is 0.0201. The maximum Gasteiger partial charge on any atom is 0.237 e. The lowest BCUT2D eigenvalue weighted by Gasteiger charge is -2.34. The fourth-order valence-electron chi connectivity index (χ4n) is 2.37. The van der Waals surface area contributed by atoms with Gasteiger partial charge in [-0.2, -0.15) is 0 Å². The molecule has 1 aliphatic heterocycles. The molecule has 0 spiro atoms. The van der Waals surface area contributed by atoms with E-state index in [1.54, 1.807) is 6.20 Å². The van der Waals surface area contributed by atoms with E-state index in [9.17, 15) is 4.79 Å². The monoisotopic (exact) mass is 248 g/mol. The molecule has 0 bridgehead atoms. The molecule has 1 atom stereocenters. The van der Waals surface area contributed by atoms with E-state index in [0.717, 1.165) is 31.7 Å². The lowest BCUT2D eigenvalue weighted by atomic mass is 10.1. The molecule has 5 heteroatoms. The van der Waals surface area contributed by atoms with Crippen LogP contribution in [0.3, 0.4) is 0 Å². The Hall–Kier alpha value is -1.46. The molecule has 98 valence electrons. The molecule has 1 aromatic rings. The molecule has 18 heavy (non-hydrogen) atoms. The number of nitrogens with zero attached hydrogens (tertiary/aromatic N) is 2. The Morgan fingerprint density at radius 3 is 3.17 bits per heavy atom. The highest BCUT2D eigenvalue weighted by atomic mass is 16.2. The van der Waals surface area contributed by atoms with Crippen molar-refractivity contribution in [3.8, 4) is 0 Å². The maximum absolute atomic E-state index is 11.8. The number of amides is 1. The Morgan fingerprint density at radius 1 is 1.61 bits per heavy atom. The van der Waals surface area contributed by atoms with Crippen LogP contribution < -0.4 is 11.1 Å². The van der Waals surface area contributed by atoms with E-state index < -0.39 is 0 Å². The summed E-state index contributed by atoms with van der Waals surface area (Å²) in [5.74, 6) is 0.136. The van der Waals surface area contributed by atoms with Gasteiger partial charge in [0, 0.05) is 32.4 Å². The molecule has 0 aromatic carbocycles. The van der Waals surface area contributed by atoms with Crippen LogP contribution >= 0.6 is 0 Å². The third kappa shape index (κ3) is 2.86. The molecule has 1 fully saturated rings. The highest BCUT2D eigenvalue weighted by Crippen LogP contribution is 2.13. The third-order valence-corrected chi connectivity index (χ3v) is 3.30. The van der Waals surface area contributed by atoms with E-state index in [0.29, 0.717) is 6.54 Å². The number of carbonyl (C=O) groups excluding carboxylic acids is 1. The molecular formula is C13H20N4O. The van der Waals surface area contributed by atoms with Gasteiger partial charge < -0.3 is 11.1 Å². The number of hydrogen-bond donors (Lipinski definition) is 2. The van der Waals surface area contributed by atoms with Crippen LogP contribution in [0.5, 0.6) is 0 Å². The summed E-state index contributed by atoms with van der Waals surface area (Å²) in [7, 11) is 0. The molecular weight excluding hydrogens is 228 g/mol. The van der Waals surface area contributed by atoms with Crippen molar-refractivity contribution in [1.29, 1.82) is 0 Å². The minimum Gasteiger partial charge on any atom is -0.353 e. The quantitative estimate of drug-likeness (QED) is 0.801. The molecule has 3 N–H and O–H groups in total. The van der Waals surface area contributed by atoms with Gasteiger partial charge in [-0.15, -0.1) is 0 Å². The number of aromatic nitrogens is 1. The van der Waals surface area contributed by atoms with Crippen LogP contribution in [0.25, 0.3) is 0 Å². The average molecular weight is 248 g/mol. The molecule has 2 heterocycles. The van der Waals surface area contributed by atoms with Crippen molar-refractivity contribution < 1.29 is 4.79 Å². The second kappa shape index (κ2) is 5.93. The molecule has 1 amide bonds. The molecule has 1 aromatic heterocycles. The summed E-state index contributed by atoms with van der Waals surface area (Å²) in [5, 5.41) is 2.91. The third-order valence-electron chi connectivity index (χ3n) is 3.30. The van der Waals surface area contributed by atoms with E-state index >= 15 is 0 Å². The van der Waals surface area contributed by atoms with Crippen LogP contribution in [0, 0.1) is 0 Å². The number of carbonyl (C=O) groups is 1. The average Bonchev–Trinajstić information content (AvgIpc) is 2.39. The zero-order chi connectivity index (χ0) is 13.0. The minimum atomic E-state index is -0.0201. The lowest BCUT2D eigenvalue weighted by Crippen LogP contribution is -2.54. The van der Waals surface area contributed by atoms with Gasteiger partial charge in [0.05, 0.1) is 11.7 Å². The first-order valence-corrected chi connectivity index (χ1v) is 6.40. The lowest BCUT2D eigenvalue weighted by molar-refractivity contribution is -0.129. The number of nitrogens with two attached hydrogens (primary N) is 1. The van der Waals surface area contributed by atoms with Gasteiger partial charge in [-0.05, 0) is 24.1 Å². The van der Waals surface area contributed by atoms with Crippen LogP contribution in [0.1, 0.15) is 24.6 Å². The SMILES string of the molecule is CCC1C(=O)NCCN1Cc1ccnc(CN)c1. The van der Waals surface area contributed by atoms with Crippen LogP contribution in [0.4, 0.5) is 0 Å². The van der Waals surface area contributed by atoms with Gasteiger partial charge in [-0.3, -0.25) is 14.7 Å². The van der Waals surface area contributed by atoms with E-state index in [-0.39, 0.29) is 11.9 Å². The van der Waals surface area contributed by atoms with Gasteiger partial charge in [0.2, 0.25) is 5.91 Å². The smallest absolute Gasteiger partial charge is 0.237 e. The predicted octanol–water partition coefficient (Wildman–Crippen LogP) is 0.251. The summed E-state index contributed by atoms with van der Waals surface area (Å²) < 4.78 is 0. The number of pyridine rings is 1. The largest absolute Gasteiger partial charge is 0.353 e. The van der Waals surface area contributed by atoms with Crippen molar-refractivity contribution in [3.05, 3.63) is 29.6 Å². The van der Waals surface area contributed by atoms with E-state index in [4.69, 9.17) is 5.73 Å². The summed E-state index contributed by atoms with van der Waals surface area (Å²) in [6.07, 6.45) is 2.61. The summed E-state index contributed by atoms with van der Waals surface area (Å²) in [6, 6.07) is 3.98. The number of rotatable bonds is 4. The zero-order valence-corrected chi connectivity index (χ0v) is 10.7. The van der Waals surface area contributed by atoms with Gasteiger partial charge >= 0.3 is 0 Å². The second-order valence-electron chi connectivity index (χ2n) is 4.55. The summed E-state index contributed by atoms with van der Waals surface area (Å²) >= 11 is 0. The van der Waals surface area contributed by atoms with E-state index in [1.165, 1.54) is 5.56 Å². The van der Waals surface area contributed by atoms with Crippen LogP contribution in [-0.4, -0.2) is 34.9 Å². The molecule has 0 aliphatic carbocycles. The summed E-state index contributed by atoms with van der Waals surface area (Å²) in [5.41, 5.74) is 7.64. The molecule has 5 nitrogen and oxygen atoms in total. The Morgan fingerprint density at radius 2 is 2.44 bits per heavy atom. The van der Waals surface area contributed by atoms with Crippen molar-refractivity contribution in [2.24, 2.45) is 5.73 Å². The van der Waals surface area contributed by atoms with Gasteiger partial charge in [0.1, 0.15) is 0 Å². The Balaban J connectivity index is 2.09. The second-order valence-corrected chi connectivity index (χ2v) is 4.55. The van der Waals surface area contributed by atoms with Crippen molar-refractivity contribution in [3.63, 3.8) is 0 Å². The van der Waals surface area contributed by atoms with Crippen molar-refractivity contribution >= 4 is 5.91 Å². The van der Waals surface area contributed by atoms with Gasteiger partial charge in [0.15, 0.2) is 0 Å². The standard InChI is InChI=1S/C13H20N4O/c1-2-12-13(18)16-5-6-17(12)9-10-3-4-15-11(7-10)8-14/h3-4,7,12H,2,5-6,8-9,14H2,1H3,(H,16,18). The van der Waals surface area contributed by atoms with Crippen molar-refractivity contribution in [2.45, 2.75) is 32.5 Å². The van der Waals surface area contributed by atoms with Crippen LogP contribution in [0.2, 0.25) is 0 Å².